The Kier molecular flexibility index (Phi) is 11.5. The number of carboxylic acid groups (broad SMARTS) is 1. The number of hydrogen-bond donors (Lipinski definition) is 1. The van der Waals surface area contributed by atoms with Crippen LogP contribution in [0.3, 0.4) is 0 Å². The maximum atomic E-state index is 13.4. The van der Waals surface area contributed by atoms with Gasteiger partial charge in [-0.2, -0.15) is 0 Å². The molecule has 7 heteroatoms. The molecule has 2 rings (SSSR count). The molecule has 0 bridgehead atoms. The minimum absolute atomic E-state index is 0.0331. The molecule has 0 aliphatic carbocycles. The summed E-state index contributed by atoms with van der Waals surface area (Å²) in [6.07, 6.45) is 2.14. The second-order valence-electron chi connectivity index (χ2n) is 10.9. The first kappa shape index (κ1) is 30.7. The zero-order valence-electron chi connectivity index (χ0n) is 23.4. The number of rotatable bonds is 14. The average molecular weight is 528 g/mol. The lowest BCUT2D eigenvalue weighted by molar-refractivity contribution is -0.206. The average Bonchev–Trinajstić information content (AvgIpc) is 2.82. The number of esters is 1. The van der Waals surface area contributed by atoms with Gasteiger partial charge >= 0.3 is 11.9 Å². The van der Waals surface area contributed by atoms with Crippen molar-refractivity contribution in [1.82, 2.24) is 0 Å². The first-order valence-electron chi connectivity index (χ1n) is 13.0. The molecule has 0 aliphatic rings. The fourth-order valence-corrected chi connectivity index (χ4v) is 5.47. The van der Waals surface area contributed by atoms with Crippen LogP contribution < -0.4 is 0 Å². The van der Waals surface area contributed by atoms with Crippen molar-refractivity contribution in [2.24, 2.45) is 5.41 Å². The van der Waals surface area contributed by atoms with E-state index >= 15 is 0 Å². The van der Waals surface area contributed by atoms with Crippen LogP contribution in [0.25, 0.3) is 0 Å². The molecule has 0 spiro atoms. The molecule has 0 saturated carbocycles. The second kappa shape index (κ2) is 13.9. The fourth-order valence-electron chi connectivity index (χ4n) is 4.32. The quantitative estimate of drug-likeness (QED) is 0.177. The van der Waals surface area contributed by atoms with E-state index in [1.165, 1.54) is 16.7 Å². The van der Waals surface area contributed by atoms with Crippen molar-refractivity contribution in [3.05, 3.63) is 70.8 Å². The summed E-state index contributed by atoms with van der Waals surface area (Å²) in [5, 5.41) is 10.4. The molecule has 0 amide bonds. The Morgan fingerprint density at radius 3 is 2.16 bits per heavy atom. The highest BCUT2D eigenvalue weighted by Crippen LogP contribution is 2.40. The minimum atomic E-state index is -1.88. The van der Waals surface area contributed by atoms with E-state index in [2.05, 4.69) is 32.0 Å². The largest absolute Gasteiger partial charge is 0.479 e. The van der Waals surface area contributed by atoms with Crippen LogP contribution in [0.5, 0.6) is 0 Å². The van der Waals surface area contributed by atoms with E-state index in [0.717, 1.165) is 24.8 Å². The van der Waals surface area contributed by atoms with Gasteiger partial charge in [0.2, 0.25) is 9.04 Å². The summed E-state index contributed by atoms with van der Waals surface area (Å²) in [7, 11) is -1.51. The van der Waals surface area contributed by atoms with Gasteiger partial charge in [-0.3, -0.25) is 0 Å². The van der Waals surface area contributed by atoms with Gasteiger partial charge < -0.3 is 19.0 Å². The van der Waals surface area contributed by atoms with Gasteiger partial charge in [0.15, 0.2) is 11.7 Å². The van der Waals surface area contributed by atoms with E-state index in [4.69, 9.17) is 13.9 Å². The summed E-state index contributed by atoms with van der Waals surface area (Å²) in [4.78, 5) is 26.2. The van der Waals surface area contributed by atoms with E-state index in [9.17, 15) is 14.7 Å². The highest BCUT2D eigenvalue weighted by Gasteiger charge is 2.60. The van der Waals surface area contributed by atoms with Gasteiger partial charge in [-0.1, -0.05) is 75.7 Å². The standard InChI is InChI=1S/C30H43O6Si/c1-22-17-18-24(20-23(22)2)14-12-9-13-19-34-26(27(31)35-21-25-15-10-8-11-16-25)30(28(32)33,29(3,4)5)36-37(6)7/h8,10-11,15-18,20,26H,9,12-14,19,21H2,1-7H3,(H,32,33)/t26-,30+/m0/s1. The first-order chi connectivity index (χ1) is 17.4. The van der Waals surface area contributed by atoms with Gasteiger partial charge in [-0.05, 0) is 68.5 Å². The molecule has 6 nitrogen and oxygen atoms in total. The summed E-state index contributed by atoms with van der Waals surface area (Å²) >= 11 is 0. The Balaban J connectivity index is 2.13. The molecule has 2 aromatic carbocycles. The van der Waals surface area contributed by atoms with Gasteiger partial charge in [0.1, 0.15) is 6.61 Å². The number of carbonyl (C=O) groups is 2. The number of unbranched alkanes of at least 4 members (excludes halogenated alkanes) is 2. The summed E-state index contributed by atoms with van der Waals surface area (Å²) in [5.41, 5.74) is 1.89. The summed E-state index contributed by atoms with van der Waals surface area (Å²) in [6.45, 7) is 13.5. The highest BCUT2D eigenvalue weighted by atomic mass is 28.3. The van der Waals surface area contributed by atoms with Crippen LogP contribution in [0.2, 0.25) is 13.1 Å². The van der Waals surface area contributed by atoms with Gasteiger partial charge in [-0.15, -0.1) is 0 Å². The predicted molar refractivity (Wildman–Crippen MR) is 148 cm³/mol. The SMILES string of the molecule is Cc1ccc(CCCCCO[C@@H](C(=O)OCc2ccccc2)[C@@](O[Si](C)C)(C(=O)O)C(C)(C)C)cc1C. The maximum absolute atomic E-state index is 13.4. The Morgan fingerprint density at radius 1 is 0.919 bits per heavy atom. The lowest BCUT2D eigenvalue weighted by Gasteiger charge is -2.45. The number of aliphatic carboxylic acids is 1. The van der Waals surface area contributed by atoms with Crippen molar-refractivity contribution >= 4 is 21.0 Å². The third kappa shape index (κ3) is 8.52. The van der Waals surface area contributed by atoms with E-state index in [-0.39, 0.29) is 13.2 Å². The first-order valence-corrected chi connectivity index (χ1v) is 15.4. The van der Waals surface area contributed by atoms with Gasteiger partial charge in [0.25, 0.3) is 0 Å². The topological polar surface area (TPSA) is 82.1 Å². The molecule has 0 saturated heterocycles. The molecule has 1 N–H and O–H groups in total. The molecule has 0 unspecified atom stereocenters. The van der Waals surface area contributed by atoms with Crippen LogP contribution in [0, 0.1) is 19.3 Å². The van der Waals surface area contributed by atoms with Crippen LogP contribution >= 0.6 is 0 Å². The molecular formula is C30H43O6Si. The van der Waals surface area contributed by atoms with Crippen molar-refractivity contribution < 1.29 is 28.6 Å². The van der Waals surface area contributed by atoms with Gasteiger partial charge in [0.05, 0.1) is 0 Å². The Labute approximate surface area is 224 Å². The molecule has 203 valence electrons. The van der Waals surface area contributed by atoms with Crippen molar-refractivity contribution in [2.45, 2.75) is 91.7 Å². The minimum Gasteiger partial charge on any atom is -0.479 e. The van der Waals surface area contributed by atoms with Crippen LogP contribution in [0.1, 0.15) is 62.3 Å². The Hall–Kier alpha value is -2.48. The fraction of sp³-hybridized carbons (Fsp3) is 0.533. The number of carbonyl (C=O) groups excluding carboxylic acids is 1. The molecule has 0 aromatic heterocycles. The second-order valence-corrected chi connectivity index (χ2v) is 12.9. The molecule has 0 heterocycles. The molecule has 1 radical (unpaired) electrons. The molecular weight excluding hydrogens is 484 g/mol. The Bertz CT molecular complexity index is 1010. The number of ether oxygens (including phenoxy) is 2. The maximum Gasteiger partial charge on any atom is 0.339 e. The zero-order chi connectivity index (χ0) is 27.6. The van der Waals surface area contributed by atoms with Crippen molar-refractivity contribution in [3.8, 4) is 0 Å². The Morgan fingerprint density at radius 2 is 1.59 bits per heavy atom. The van der Waals surface area contributed by atoms with Crippen LogP contribution in [-0.2, 0) is 36.5 Å². The van der Waals surface area contributed by atoms with Crippen molar-refractivity contribution in [2.75, 3.05) is 6.61 Å². The smallest absolute Gasteiger partial charge is 0.339 e. The van der Waals surface area contributed by atoms with E-state index in [1.54, 1.807) is 20.8 Å². The van der Waals surface area contributed by atoms with Gasteiger partial charge in [-0.25, -0.2) is 9.59 Å². The number of carboxylic acids is 1. The highest BCUT2D eigenvalue weighted by molar-refractivity contribution is 6.48. The van der Waals surface area contributed by atoms with Crippen LogP contribution in [0.15, 0.2) is 48.5 Å². The number of benzene rings is 2. The summed E-state index contributed by atoms with van der Waals surface area (Å²) in [6, 6.07) is 15.8. The molecule has 0 fully saturated rings. The van der Waals surface area contributed by atoms with E-state index < -0.39 is 38.1 Å². The molecule has 37 heavy (non-hydrogen) atoms. The van der Waals surface area contributed by atoms with Crippen LogP contribution in [0.4, 0.5) is 0 Å². The van der Waals surface area contributed by atoms with Crippen LogP contribution in [-0.4, -0.2) is 44.4 Å². The predicted octanol–water partition coefficient (Wildman–Crippen LogP) is 6.28. The molecule has 2 atom stereocenters. The summed E-state index contributed by atoms with van der Waals surface area (Å²) < 4.78 is 17.8. The third-order valence-electron chi connectivity index (χ3n) is 6.57. The van der Waals surface area contributed by atoms with E-state index in [1.807, 2.05) is 43.4 Å². The monoisotopic (exact) mass is 527 g/mol. The lowest BCUT2D eigenvalue weighted by Crippen LogP contribution is -2.65. The number of hydrogen-bond acceptors (Lipinski definition) is 5. The zero-order valence-corrected chi connectivity index (χ0v) is 24.4. The van der Waals surface area contributed by atoms with Crippen molar-refractivity contribution in [3.63, 3.8) is 0 Å². The molecule has 2 aromatic rings. The van der Waals surface area contributed by atoms with E-state index in [0.29, 0.717) is 6.42 Å². The summed E-state index contributed by atoms with van der Waals surface area (Å²) in [5.74, 6) is -1.94. The molecule has 0 aliphatic heterocycles. The van der Waals surface area contributed by atoms with Gasteiger partial charge in [0, 0.05) is 12.0 Å². The van der Waals surface area contributed by atoms with Crippen molar-refractivity contribution in [1.29, 1.82) is 0 Å². The normalized spacial score (nSPS) is 14.3. The third-order valence-corrected chi connectivity index (χ3v) is 7.30. The lowest BCUT2D eigenvalue weighted by atomic mass is 9.72. The number of aryl methyl sites for hydroxylation is 3.